The van der Waals surface area contributed by atoms with Crippen LogP contribution >= 0.6 is 0 Å². The number of hydrogen-bond acceptors (Lipinski definition) is 4. The molecule has 0 spiro atoms. The van der Waals surface area contributed by atoms with Gasteiger partial charge in [0.2, 0.25) is 0 Å². The topological polar surface area (TPSA) is 87.2 Å². The van der Waals surface area contributed by atoms with E-state index in [2.05, 4.69) is 0 Å². The molecular formula is C14H18N2O5S. The zero-order chi connectivity index (χ0) is 15.9. The van der Waals surface area contributed by atoms with Crippen LogP contribution in [-0.4, -0.2) is 42.5 Å². The molecule has 7 nitrogen and oxygen atoms in total. The number of para-hydroxylation sites is 1. The summed E-state index contributed by atoms with van der Waals surface area (Å²) in [5, 5.41) is 0. The number of carbonyl (C=O) groups excluding carboxylic acids is 1. The Hall–Kier alpha value is -1.64. The van der Waals surface area contributed by atoms with E-state index in [1.165, 1.54) is 0 Å². The number of ether oxygens (including phenoxy) is 1. The number of rotatable bonds is 2. The summed E-state index contributed by atoms with van der Waals surface area (Å²) in [7, 11) is -4.16. The highest BCUT2D eigenvalue weighted by Crippen LogP contribution is 2.34. The van der Waals surface area contributed by atoms with Crippen LogP contribution < -0.4 is 4.90 Å². The number of benzene rings is 1. The van der Waals surface area contributed by atoms with Crippen LogP contribution in [0.25, 0.3) is 0 Å². The van der Waals surface area contributed by atoms with Gasteiger partial charge in [-0.25, -0.2) is 4.79 Å². The molecule has 2 aliphatic heterocycles. The van der Waals surface area contributed by atoms with E-state index in [1.807, 2.05) is 25.1 Å². The van der Waals surface area contributed by atoms with E-state index in [9.17, 15) is 13.2 Å². The molecule has 1 aromatic rings. The summed E-state index contributed by atoms with van der Waals surface area (Å²) in [5.41, 5.74) is 2.81. The molecule has 3 rings (SSSR count). The molecule has 22 heavy (non-hydrogen) atoms. The van der Waals surface area contributed by atoms with E-state index in [-0.39, 0.29) is 25.7 Å². The molecule has 1 amide bonds. The first kappa shape index (κ1) is 15.3. The molecule has 0 aromatic heterocycles. The molecule has 120 valence electrons. The molecule has 1 fully saturated rings. The molecular weight excluding hydrogens is 308 g/mol. The van der Waals surface area contributed by atoms with E-state index >= 15 is 0 Å². The molecule has 2 aliphatic rings. The van der Waals surface area contributed by atoms with Crippen molar-refractivity contribution in [2.24, 2.45) is 0 Å². The lowest BCUT2D eigenvalue weighted by Gasteiger charge is -2.39. The lowest BCUT2D eigenvalue weighted by molar-refractivity contribution is 0.135. The maximum atomic E-state index is 12.2. The molecule has 1 saturated heterocycles. The van der Waals surface area contributed by atoms with Gasteiger partial charge >= 0.3 is 16.4 Å². The minimum absolute atomic E-state index is 0.134. The Bertz CT molecular complexity index is 695. The van der Waals surface area contributed by atoms with Crippen molar-refractivity contribution in [3.8, 4) is 0 Å². The highest BCUT2D eigenvalue weighted by molar-refractivity contribution is 7.83. The van der Waals surface area contributed by atoms with Crippen molar-refractivity contribution in [3.63, 3.8) is 0 Å². The normalized spacial score (nSPS) is 20.6. The maximum Gasteiger partial charge on any atom is 0.414 e. The minimum atomic E-state index is -4.16. The van der Waals surface area contributed by atoms with E-state index in [1.54, 1.807) is 4.90 Å². The first-order valence-electron chi connectivity index (χ1n) is 7.15. The fourth-order valence-corrected chi connectivity index (χ4v) is 3.82. The second kappa shape index (κ2) is 5.53. The van der Waals surface area contributed by atoms with Gasteiger partial charge in [0.05, 0.1) is 5.69 Å². The van der Waals surface area contributed by atoms with Crippen molar-refractivity contribution in [1.29, 1.82) is 0 Å². The third-order valence-electron chi connectivity index (χ3n) is 4.22. The summed E-state index contributed by atoms with van der Waals surface area (Å²) < 4.78 is 37.7. The fraction of sp³-hybridized carbons (Fsp3) is 0.500. The van der Waals surface area contributed by atoms with Gasteiger partial charge in [-0.1, -0.05) is 18.2 Å². The number of piperidine rings is 1. The molecule has 0 radical (unpaired) electrons. The minimum Gasteiger partial charge on any atom is -0.444 e. The van der Waals surface area contributed by atoms with E-state index in [0.717, 1.165) is 21.1 Å². The summed E-state index contributed by atoms with van der Waals surface area (Å²) in [6, 6.07) is 5.66. The Labute approximate surface area is 129 Å². The molecule has 0 atom stereocenters. The number of anilines is 1. The van der Waals surface area contributed by atoms with Crippen LogP contribution in [0.4, 0.5) is 10.5 Å². The first-order valence-corrected chi connectivity index (χ1v) is 8.54. The lowest BCUT2D eigenvalue weighted by atomic mass is 10.00. The van der Waals surface area contributed by atoms with Gasteiger partial charge in [0.15, 0.2) is 0 Å². The van der Waals surface area contributed by atoms with E-state index < -0.39 is 16.4 Å². The van der Waals surface area contributed by atoms with Crippen LogP contribution in [0.15, 0.2) is 18.2 Å². The van der Waals surface area contributed by atoms with Gasteiger partial charge in [-0.05, 0) is 25.3 Å². The number of aryl methyl sites for hydroxylation is 1. The Balaban J connectivity index is 1.86. The Morgan fingerprint density at radius 3 is 2.59 bits per heavy atom. The van der Waals surface area contributed by atoms with Crippen molar-refractivity contribution >= 4 is 22.1 Å². The van der Waals surface area contributed by atoms with Crippen molar-refractivity contribution in [2.75, 3.05) is 18.0 Å². The van der Waals surface area contributed by atoms with Gasteiger partial charge in [0.25, 0.3) is 0 Å². The summed E-state index contributed by atoms with van der Waals surface area (Å²) in [5.74, 6) is 0. The SMILES string of the molecule is Cc1cccc2c1N(C1CCN(S(=O)(=O)O)CC1)C(=O)OC2. The summed E-state index contributed by atoms with van der Waals surface area (Å²) >= 11 is 0. The Morgan fingerprint density at radius 1 is 1.27 bits per heavy atom. The van der Waals surface area contributed by atoms with Crippen LogP contribution in [-0.2, 0) is 21.6 Å². The zero-order valence-electron chi connectivity index (χ0n) is 12.2. The largest absolute Gasteiger partial charge is 0.444 e. The van der Waals surface area contributed by atoms with Gasteiger partial charge in [0.1, 0.15) is 6.61 Å². The Kier molecular flexibility index (Phi) is 3.84. The first-order chi connectivity index (χ1) is 10.4. The van der Waals surface area contributed by atoms with E-state index in [0.29, 0.717) is 12.8 Å². The van der Waals surface area contributed by atoms with Crippen LogP contribution in [0.1, 0.15) is 24.0 Å². The van der Waals surface area contributed by atoms with Gasteiger partial charge < -0.3 is 4.74 Å². The molecule has 1 N–H and O–H groups in total. The maximum absolute atomic E-state index is 12.2. The van der Waals surface area contributed by atoms with Crippen molar-refractivity contribution in [1.82, 2.24) is 4.31 Å². The highest BCUT2D eigenvalue weighted by atomic mass is 32.2. The number of cyclic esters (lactones) is 1. The number of fused-ring (bicyclic) bond motifs is 1. The Morgan fingerprint density at radius 2 is 1.95 bits per heavy atom. The zero-order valence-corrected chi connectivity index (χ0v) is 13.0. The van der Waals surface area contributed by atoms with Crippen molar-refractivity contribution in [2.45, 2.75) is 32.4 Å². The van der Waals surface area contributed by atoms with Gasteiger partial charge in [-0.15, -0.1) is 0 Å². The van der Waals surface area contributed by atoms with Crippen molar-refractivity contribution < 1.29 is 22.5 Å². The predicted molar refractivity (Wildman–Crippen MR) is 80.0 cm³/mol. The third kappa shape index (κ3) is 2.69. The molecule has 1 aromatic carbocycles. The smallest absolute Gasteiger partial charge is 0.414 e. The third-order valence-corrected chi connectivity index (χ3v) is 5.24. The molecule has 0 bridgehead atoms. The van der Waals surface area contributed by atoms with Crippen LogP contribution in [0, 0.1) is 6.92 Å². The van der Waals surface area contributed by atoms with Crippen LogP contribution in [0.5, 0.6) is 0 Å². The number of hydrogen-bond donors (Lipinski definition) is 1. The van der Waals surface area contributed by atoms with Gasteiger partial charge in [-0.3, -0.25) is 9.45 Å². The molecule has 0 aliphatic carbocycles. The van der Waals surface area contributed by atoms with E-state index in [4.69, 9.17) is 9.29 Å². The standard InChI is InChI=1S/C14H18N2O5S/c1-10-3-2-4-11-9-21-14(17)16(13(10)11)12-5-7-15(8-6-12)22(18,19)20/h2-4,12H,5-9H2,1H3,(H,18,19,20). The number of amides is 1. The molecule has 2 heterocycles. The van der Waals surface area contributed by atoms with Gasteiger partial charge in [-0.2, -0.15) is 12.7 Å². The molecule has 8 heteroatoms. The second-order valence-electron chi connectivity index (χ2n) is 5.62. The average molecular weight is 326 g/mol. The molecule has 0 unspecified atom stereocenters. The predicted octanol–water partition coefficient (Wildman–Crippen LogP) is 1.72. The summed E-state index contributed by atoms with van der Waals surface area (Å²) in [4.78, 5) is 13.8. The lowest BCUT2D eigenvalue weighted by Crippen LogP contribution is -2.50. The summed E-state index contributed by atoms with van der Waals surface area (Å²) in [6.07, 6.45) is 0.526. The second-order valence-corrected chi connectivity index (χ2v) is 7.03. The fourth-order valence-electron chi connectivity index (χ4n) is 3.14. The monoisotopic (exact) mass is 326 g/mol. The highest BCUT2D eigenvalue weighted by Gasteiger charge is 2.36. The quantitative estimate of drug-likeness (QED) is 0.836. The number of carbonyl (C=O) groups is 1. The van der Waals surface area contributed by atoms with Crippen LogP contribution in [0.2, 0.25) is 0 Å². The number of nitrogens with zero attached hydrogens (tertiary/aromatic N) is 2. The van der Waals surface area contributed by atoms with Crippen LogP contribution in [0.3, 0.4) is 0 Å². The molecule has 0 saturated carbocycles. The van der Waals surface area contributed by atoms with Crippen molar-refractivity contribution in [3.05, 3.63) is 29.3 Å². The van der Waals surface area contributed by atoms with Gasteiger partial charge in [0, 0.05) is 24.7 Å². The average Bonchev–Trinajstić information content (AvgIpc) is 2.47. The summed E-state index contributed by atoms with van der Waals surface area (Å²) in [6.45, 7) is 2.58.